The van der Waals surface area contributed by atoms with Gasteiger partial charge in [-0.1, -0.05) is 19.3 Å². The SMILES string of the molecule is CC1[C@H]2CCCN2C[C@@H](C(=O)O)N1C(=O)[C@@H](N)C1CCCCC1.Cl.Cl. The van der Waals surface area contributed by atoms with Gasteiger partial charge in [0.2, 0.25) is 5.91 Å². The van der Waals surface area contributed by atoms with Crippen molar-refractivity contribution >= 4 is 36.7 Å². The third-order valence-corrected chi connectivity index (χ3v) is 6.14. The number of carbonyl (C=O) groups is 2. The van der Waals surface area contributed by atoms with E-state index in [9.17, 15) is 14.7 Å². The number of aliphatic carboxylic acids is 1. The predicted molar refractivity (Wildman–Crippen MR) is 101 cm³/mol. The first-order valence-electron chi connectivity index (χ1n) is 9.05. The largest absolute Gasteiger partial charge is 0.480 e. The second-order valence-electron chi connectivity index (χ2n) is 7.47. The van der Waals surface area contributed by atoms with Crippen LogP contribution in [0.25, 0.3) is 0 Å². The summed E-state index contributed by atoms with van der Waals surface area (Å²) in [7, 11) is 0. The van der Waals surface area contributed by atoms with E-state index in [2.05, 4.69) is 4.90 Å². The minimum Gasteiger partial charge on any atom is -0.480 e. The summed E-state index contributed by atoms with van der Waals surface area (Å²) in [5.41, 5.74) is 6.29. The normalized spacial score (nSPS) is 31.4. The average Bonchev–Trinajstić information content (AvgIpc) is 3.03. The number of amides is 1. The highest BCUT2D eigenvalue weighted by Crippen LogP contribution is 2.32. The molecule has 0 bridgehead atoms. The zero-order chi connectivity index (χ0) is 16.6. The van der Waals surface area contributed by atoms with Crippen molar-refractivity contribution in [3.8, 4) is 0 Å². The van der Waals surface area contributed by atoms with E-state index in [-0.39, 0.29) is 48.7 Å². The van der Waals surface area contributed by atoms with E-state index in [1.165, 1.54) is 6.42 Å². The summed E-state index contributed by atoms with van der Waals surface area (Å²) in [6.45, 7) is 3.37. The van der Waals surface area contributed by atoms with Crippen LogP contribution in [0.1, 0.15) is 51.9 Å². The molecule has 0 aromatic rings. The van der Waals surface area contributed by atoms with Gasteiger partial charge in [0.05, 0.1) is 6.04 Å². The van der Waals surface area contributed by atoms with Crippen molar-refractivity contribution < 1.29 is 14.7 Å². The van der Waals surface area contributed by atoms with Gasteiger partial charge in [0, 0.05) is 18.6 Å². The van der Waals surface area contributed by atoms with E-state index in [1.54, 1.807) is 4.90 Å². The Morgan fingerprint density at radius 2 is 1.72 bits per heavy atom. The molecule has 3 rings (SSSR count). The van der Waals surface area contributed by atoms with Gasteiger partial charge in [0.1, 0.15) is 6.04 Å². The smallest absolute Gasteiger partial charge is 0.327 e. The molecule has 8 heteroatoms. The van der Waals surface area contributed by atoms with E-state index in [0.29, 0.717) is 6.54 Å². The van der Waals surface area contributed by atoms with Gasteiger partial charge in [0.15, 0.2) is 0 Å². The van der Waals surface area contributed by atoms with Crippen LogP contribution in [0.15, 0.2) is 0 Å². The van der Waals surface area contributed by atoms with Crippen molar-refractivity contribution in [1.29, 1.82) is 0 Å². The first-order valence-corrected chi connectivity index (χ1v) is 9.05. The summed E-state index contributed by atoms with van der Waals surface area (Å²) in [5.74, 6) is -0.853. The first-order chi connectivity index (χ1) is 11.0. The van der Waals surface area contributed by atoms with Gasteiger partial charge in [-0.25, -0.2) is 4.79 Å². The summed E-state index contributed by atoms with van der Waals surface area (Å²) in [6.07, 6.45) is 7.56. The zero-order valence-electron chi connectivity index (χ0n) is 14.8. The van der Waals surface area contributed by atoms with E-state index in [4.69, 9.17) is 5.73 Å². The first kappa shape index (κ1) is 22.5. The average molecular weight is 396 g/mol. The van der Waals surface area contributed by atoms with Crippen molar-refractivity contribution in [3.05, 3.63) is 0 Å². The standard InChI is InChI=1S/C17H29N3O3.2ClH/c1-11-13-8-5-9-19(13)10-14(17(22)23)20(11)16(21)15(18)12-6-3-2-4-7-12;;/h11-15H,2-10,18H2,1H3,(H,22,23);2*1H/t11?,13-,14+,15+;;/m1../s1. The molecular formula is C17H31Cl2N3O3. The van der Waals surface area contributed by atoms with E-state index in [0.717, 1.165) is 45.1 Å². The monoisotopic (exact) mass is 395 g/mol. The lowest BCUT2D eigenvalue weighted by atomic mass is 9.83. The minimum absolute atomic E-state index is 0. The van der Waals surface area contributed by atoms with E-state index in [1.807, 2.05) is 6.92 Å². The number of carboxylic acids is 1. The Kier molecular flexibility index (Phi) is 8.45. The van der Waals surface area contributed by atoms with Crippen LogP contribution in [-0.4, -0.2) is 64.0 Å². The number of hydrogen-bond acceptors (Lipinski definition) is 4. The number of rotatable bonds is 3. The van der Waals surface area contributed by atoms with E-state index < -0.39 is 18.1 Å². The molecule has 1 aliphatic carbocycles. The van der Waals surface area contributed by atoms with Crippen molar-refractivity contribution in [2.24, 2.45) is 11.7 Å². The van der Waals surface area contributed by atoms with Crippen LogP contribution in [0.5, 0.6) is 0 Å². The Bertz CT molecular complexity index is 474. The van der Waals surface area contributed by atoms with Crippen LogP contribution in [0, 0.1) is 5.92 Å². The molecule has 3 N–H and O–H groups in total. The third-order valence-electron chi connectivity index (χ3n) is 6.14. The van der Waals surface area contributed by atoms with Crippen LogP contribution in [0.2, 0.25) is 0 Å². The predicted octanol–water partition coefficient (Wildman–Crippen LogP) is 1.89. The fraction of sp³-hybridized carbons (Fsp3) is 0.882. The van der Waals surface area contributed by atoms with Crippen molar-refractivity contribution in [3.63, 3.8) is 0 Å². The number of carboxylic acid groups (broad SMARTS) is 1. The molecule has 2 heterocycles. The number of nitrogens with zero attached hydrogens (tertiary/aromatic N) is 2. The van der Waals surface area contributed by atoms with Crippen molar-refractivity contribution in [1.82, 2.24) is 9.80 Å². The van der Waals surface area contributed by atoms with Gasteiger partial charge >= 0.3 is 5.97 Å². The summed E-state index contributed by atoms with van der Waals surface area (Å²) < 4.78 is 0. The lowest BCUT2D eigenvalue weighted by Crippen LogP contribution is -2.67. The van der Waals surface area contributed by atoms with Crippen molar-refractivity contribution in [2.75, 3.05) is 13.1 Å². The highest BCUT2D eigenvalue weighted by atomic mass is 35.5. The lowest BCUT2D eigenvalue weighted by Gasteiger charge is -2.48. The number of piperazine rings is 1. The lowest BCUT2D eigenvalue weighted by molar-refractivity contribution is -0.160. The Balaban J connectivity index is 0.00000156. The molecule has 0 aromatic carbocycles. The number of halogens is 2. The van der Waals surface area contributed by atoms with Gasteiger partial charge in [-0.3, -0.25) is 9.69 Å². The quantitative estimate of drug-likeness (QED) is 0.761. The molecule has 3 fully saturated rings. The molecule has 6 nitrogen and oxygen atoms in total. The molecule has 0 aromatic heterocycles. The molecule has 1 amide bonds. The van der Waals surface area contributed by atoms with Crippen LogP contribution in [0.3, 0.4) is 0 Å². The van der Waals surface area contributed by atoms with Crippen LogP contribution >= 0.6 is 24.8 Å². The number of carbonyl (C=O) groups excluding carboxylic acids is 1. The topological polar surface area (TPSA) is 86.9 Å². The molecule has 25 heavy (non-hydrogen) atoms. The second-order valence-corrected chi connectivity index (χ2v) is 7.47. The second kappa shape index (κ2) is 9.40. The van der Waals surface area contributed by atoms with E-state index >= 15 is 0 Å². The maximum atomic E-state index is 13.0. The Labute approximate surface area is 162 Å². The Morgan fingerprint density at radius 1 is 1.08 bits per heavy atom. The van der Waals surface area contributed by atoms with Crippen LogP contribution < -0.4 is 5.73 Å². The van der Waals surface area contributed by atoms with Gasteiger partial charge < -0.3 is 15.7 Å². The molecule has 3 aliphatic rings. The van der Waals surface area contributed by atoms with Gasteiger partial charge in [-0.2, -0.15) is 0 Å². The summed E-state index contributed by atoms with van der Waals surface area (Å²) in [4.78, 5) is 28.6. The molecule has 4 atom stereocenters. The number of hydrogen-bond donors (Lipinski definition) is 2. The Hall–Kier alpha value is -0.560. The third kappa shape index (κ3) is 4.41. The van der Waals surface area contributed by atoms with Crippen LogP contribution in [0.4, 0.5) is 0 Å². The molecule has 0 radical (unpaired) electrons. The highest BCUT2D eigenvalue weighted by Gasteiger charge is 2.47. The zero-order valence-corrected chi connectivity index (χ0v) is 16.4. The maximum Gasteiger partial charge on any atom is 0.327 e. The fourth-order valence-corrected chi connectivity index (χ4v) is 4.82. The van der Waals surface area contributed by atoms with Crippen molar-refractivity contribution in [2.45, 2.75) is 76.0 Å². The minimum atomic E-state index is -0.911. The molecule has 2 saturated heterocycles. The van der Waals surface area contributed by atoms with Crippen LogP contribution in [-0.2, 0) is 9.59 Å². The van der Waals surface area contributed by atoms with Gasteiger partial charge in [-0.05, 0) is 45.1 Å². The number of nitrogens with two attached hydrogens (primary N) is 1. The fourth-order valence-electron chi connectivity index (χ4n) is 4.82. The summed E-state index contributed by atoms with van der Waals surface area (Å²) in [6, 6.07) is -1.10. The Morgan fingerprint density at radius 3 is 2.32 bits per heavy atom. The molecule has 2 aliphatic heterocycles. The molecular weight excluding hydrogens is 365 g/mol. The maximum absolute atomic E-state index is 13.0. The van der Waals surface area contributed by atoms with Gasteiger partial charge in [-0.15, -0.1) is 24.8 Å². The highest BCUT2D eigenvalue weighted by molar-refractivity contribution is 5.88. The van der Waals surface area contributed by atoms with Gasteiger partial charge in [0.25, 0.3) is 0 Å². The molecule has 1 unspecified atom stereocenters. The molecule has 146 valence electrons. The molecule has 1 saturated carbocycles. The molecule has 0 spiro atoms. The number of fused-ring (bicyclic) bond motifs is 1. The summed E-state index contributed by atoms with van der Waals surface area (Å²) in [5, 5.41) is 9.63. The summed E-state index contributed by atoms with van der Waals surface area (Å²) >= 11 is 0.